The number of carbonyl (C=O) groups excluding carboxylic acids is 1. The molecule has 0 aromatic carbocycles. The quantitative estimate of drug-likeness (QED) is 0.728. The second-order valence-electron chi connectivity index (χ2n) is 9.46. The van der Waals surface area contributed by atoms with Gasteiger partial charge in [-0.25, -0.2) is 8.78 Å². The largest absolute Gasteiger partial charge is 0.384 e. The van der Waals surface area contributed by atoms with Gasteiger partial charge in [0.15, 0.2) is 0 Å². The minimum absolute atomic E-state index is 0.136. The van der Waals surface area contributed by atoms with Crippen LogP contribution in [0.4, 0.5) is 8.78 Å². The van der Waals surface area contributed by atoms with Crippen molar-refractivity contribution in [3.8, 4) is 0 Å². The number of rotatable bonds is 2. The number of ketones is 1. The summed E-state index contributed by atoms with van der Waals surface area (Å²) in [5.74, 6) is 2.67. The van der Waals surface area contributed by atoms with Crippen molar-refractivity contribution in [3.63, 3.8) is 0 Å². The van der Waals surface area contributed by atoms with Crippen LogP contribution in [0.2, 0.25) is 0 Å². The van der Waals surface area contributed by atoms with Gasteiger partial charge in [-0.15, -0.1) is 0 Å². The molecule has 0 aromatic heterocycles. The first-order chi connectivity index (χ1) is 11.8. The molecule has 0 radical (unpaired) electrons. The molecule has 0 aliphatic heterocycles. The van der Waals surface area contributed by atoms with Crippen molar-refractivity contribution in [3.05, 3.63) is 11.6 Å². The van der Waals surface area contributed by atoms with Crippen molar-refractivity contribution in [2.75, 3.05) is 0 Å². The topological polar surface area (TPSA) is 37.3 Å². The average molecular weight is 352 g/mol. The Morgan fingerprint density at radius 1 is 1.20 bits per heavy atom. The Balaban J connectivity index is 1.58. The Hall–Kier alpha value is -0.770. The Labute approximate surface area is 149 Å². The van der Waals surface area contributed by atoms with E-state index in [0.717, 1.165) is 37.7 Å². The summed E-state index contributed by atoms with van der Waals surface area (Å²) in [5.41, 5.74) is -0.595. The average Bonchev–Trinajstić information content (AvgIpc) is 2.91. The zero-order valence-electron chi connectivity index (χ0n) is 15.3. The van der Waals surface area contributed by atoms with Gasteiger partial charge < -0.3 is 5.11 Å². The first-order valence-corrected chi connectivity index (χ1v) is 9.96. The summed E-state index contributed by atoms with van der Waals surface area (Å²) in [6.07, 6.45) is 5.87. The molecule has 4 heteroatoms. The van der Waals surface area contributed by atoms with E-state index in [1.807, 2.05) is 0 Å². The third-order valence-corrected chi connectivity index (χ3v) is 8.43. The van der Waals surface area contributed by atoms with Crippen LogP contribution in [0.5, 0.6) is 0 Å². The highest BCUT2D eigenvalue weighted by atomic mass is 19.3. The number of carbonyl (C=O) groups is 1. The zero-order valence-corrected chi connectivity index (χ0v) is 15.3. The number of fused-ring (bicyclic) bond motifs is 5. The van der Waals surface area contributed by atoms with Crippen molar-refractivity contribution in [1.29, 1.82) is 0 Å². The van der Waals surface area contributed by atoms with Crippen molar-refractivity contribution in [1.82, 2.24) is 0 Å². The second kappa shape index (κ2) is 5.87. The SMILES string of the molecule is CC(=O)[C@H]1CC[C@H]2[C@@H]3CC=C4C[C@](O)(C(F)F)CC[C@@H]4[C@H]3CC[C@]12C. The van der Waals surface area contributed by atoms with E-state index < -0.39 is 12.0 Å². The highest BCUT2D eigenvalue weighted by Crippen LogP contribution is 2.63. The molecule has 7 atom stereocenters. The molecule has 0 saturated heterocycles. The number of aliphatic hydroxyl groups is 1. The van der Waals surface area contributed by atoms with Crippen LogP contribution < -0.4 is 0 Å². The molecule has 1 N–H and O–H groups in total. The first-order valence-electron chi connectivity index (χ1n) is 9.96. The molecule has 0 spiro atoms. The van der Waals surface area contributed by atoms with E-state index in [9.17, 15) is 18.7 Å². The number of hydrogen-bond donors (Lipinski definition) is 1. The van der Waals surface area contributed by atoms with Crippen LogP contribution in [0.15, 0.2) is 11.6 Å². The number of hydrogen-bond acceptors (Lipinski definition) is 2. The van der Waals surface area contributed by atoms with Gasteiger partial charge >= 0.3 is 0 Å². The van der Waals surface area contributed by atoms with Crippen LogP contribution >= 0.6 is 0 Å². The maximum atomic E-state index is 13.2. The van der Waals surface area contributed by atoms with Crippen LogP contribution in [0, 0.1) is 35.0 Å². The van der Waals surface area contributed by atoms with Gasteiger partial charge in [0.1, 0.15) is 11.4 Å². The van der Waals surface area contributed by atoms with Crippen LogP contribution in [0.25, 0.3) is 0 Å². The standard InChI is InChI=1S/C21H30F2O2/c1-12(24)17-5-6-18-16-4-3-13-11-21(25,19(22)23)10-8-14(13)15(16)7-9-20(17,18)2/h3,14-19,25H,4-11H2,1-2H3/t14-,15+,16+,17+,18-,20+,21-/m0/s1. The summed E-state index contributed by atoms with van der Waals surface area (Å²) in [6.45, 7) is 4.07. The summed E-state index contributed by atoms with van der Waals surface area (Å²) < 4.78 is 26.5. The van der Waals surface area contributed by atoms with E-state index in [2.05, 4.69) is 13.0 Å². The Morgan fingerprint density at radius 2 is 1.96 bits per heavy atom. The van der Waals surface area contributed by atoms with E-state index >= 15 is 0 Å². The molecule has 0 heterocycles. The predicted molar refractivity (Wildman–Crippen MR) is 92.2 cm³/mol. The molecule has 4 aliphatic carbocycles. The van der Waals surface area contributed by atoms with E-state index in [-0.39, 0.29) is 24.2 Å². The third-order valence-electron chi connectivity index (χ3n) is 8.43. The van der Waals surface area contributed by atoms with Gasteiger partial charge in [0.2, 0.25) is 0 Å². The molecule has 3 fully saturated rings. The fourth-order valence-electron chi connectivity index (χ4n) is 7.17. The molecule has 4 rings (SSSR count). The Kier molecular flexibility index (Phi) is 4.14. The van der Waals surface area contributed by atoms with Gasteiger partial charge in [0, 0.05) is 12.3 Å². The summed E-state index contributed by atoms with van der Waals surface area (Å²) in [6, 6.07) is 0. The summed E-state index contributed by atoms with van der Waals surface area (Å²) in [4.78, 5) is 12.1. The van der Waals surface area contributed by atoms with Gasteiger partial charge in [0.05, 0.1) is 0 Å². The maximum absolute atomic E-state index is 13.2. The molecular weight excluding hydrogens is 322 g/mol. The van der Waals surface area contributed by atoms with Crippen molar-refractivity contribution >= 4 is 5.78 Å². The molecule has 0 amide bonds. The van der Waals surface area contributed by atoms with Crippen molar-refractivity contribution in [2.45, 2.75) is 77.2 Å². The van der Waals surface area contributed by atoms with E-state index in [4.69, 9.17) is 0 Å². The van der Waals surface area contributed by atoms with Gasteiger partial charge in [-0.05, 0) is 81.0 Å². The van der Waals surface area contributed by atoms with E-state index in [0.29, 0.717) is 35.9 Å². The summed E-state index contributed by atoms with van der Waals surface area (Å²) in [5, 5.41) is 10.2. The van der Waals surface area contributed by atoms with Crippen LogP contribution in [-0.2, 0) is 4.79 Å². The minimum Gasteiger partial charge on any atom is -0.384 e. The number of Topliss-reactive ketones (excluding diaryl/α,β-unsaturated/α-hetero) is 1. The molecular formula is C21H30F2O2. The minimum atomic E-state index is -2.66. The molecule has 4 aliphatic rings. The highest BCUT2D eigenvalue weighted by molar-refractivity contribution is 5.79. The number of halogens is 2. The number of allylic oxidation sites excluding steroid dienone is 1. The normalized spacial score (nSPS) is 49.2. The first kappa shape index (κ1) is 17.6. The fraction of sp³-hybridized carbons (Fsp3) is 0.857. The van der Waals surface area contributed by atoms with Crippen LogP contribution in [0.3, 0.4) is 0 Å². The molecule has 3 saturated carbocycles. The molecule has 0 bridgehead atoms. The smallest absolute Gasteiger partial charge is 0.267 e. The lowest BCUT2D eigenvalue weighted by atomic mass is 9.51. The summed E-state index contributed by atoms with van der Waals surface area (Å²) in [7, 11) is 0. The fourth-order valence-corrected chi connectivity index (χ4v) is 7.17. The molecule has 25 heavy (non-hydrogen) atoms. The monoisotopic (exact) mass is 352 g/mol. The highest BCUT2D eigenvalue weighted by Gasteiger charge is 2.57. The van der Waals surface area contributed by atoms with Crippen LogP contribution in [0.1, 0.15) is 65.2 Å². The van der Waals surface area contributed by atoms with E-state index in [1.165, 1.54) is 0 Å². The molecule has 0 aromatic rings. The molecule has 140 valence electrons. The van der Waals surface area contributed by atoms with Crippen molar-refractivity contribution in [2.24, 2.45) is 35.0 Å². The lowest BCUT2D eigenvalue weighted by molar-refractivity contribution is -0.128. The van der Waals surface area contributed by atoms with E-state index in [1.54, 1.807) is 6.92 Å². The predicted octanol–water partition coefficient (Wildman–Crippen LogP) is 4.76. The zero-order chi connectivity index (χ0) is 18.0. The third kappa shape index (κ3) is 2.54. The second-order valence-corrected chi connectivity index (χ2v) is 9.46. The van der Waals surface area contributed by atoms with Gasteiger partial charge in [-0.1, -0.05) is 18.6 Å². The lowest BCUT2D eigenvalue weighted by Gasteiger charge is -2.54. The van der Waals surface area contributed by atoms with Crippen LogP contribution in [-0.4, -0.2) is 22.9 Å². The van der Waals surface area contributed by atoms with Crippen molar-refractivity contribution < 1.29 is 18.7 Å². The Morgan fingerprint density at radius 3 is 2.64 bits per heavy atom. The summed E-state index contributed by atoms with van der Waals surface area (Å²) >= 11 is 0. The number of alkyl halides is 2. The van der Waals surface area contributed by atoms with Gasteiger partial charge in [-0.2, -0.15) is 0 Å². The molecule has 2 nitrogen and oxygen atoms in total. The lowest BCUT2D eigenvalue weighted by Crippen LogP contribution is -2.49. The molecule has 0 unspecified atom stereocenters. The van der Waals surface area contributed by atoms with Gasteiger partial charge in [0.25, 0.3) is 6.43 Å². The van der Waals surface area contributed by atoms with Gasteiger partial charge in [-0.3, -0.25) is 4.79 Å². The maximum Gasteiger partial charge on any atom is 0.267 e. The Bertz CT molecular complexity index is 601.